The van der Waals surface area contributed by atoms with Crippen molar-refractivity contribution in [1.82, 2.24) is 0 Å². The summed E-state index contributed by atoms with van der Waals surface area (Å²) in [4.78, 5) is 11.6. The SMILES string of the molecule is NC(=O)C(Nc1ccccc1)c1ccc(F)cc1Br. The van der Waals surface area contributed by atoms with E-state index in [0.29, 0.717) is 10.0 Å². The van der Waals surface area contributed by atoms with Crippen LogP contribution in [0.2, 0.25) is 0 Å². The molecular weight excluding hydrogens is 311 g/mol. The standard InChI is InChI=1S/C14H12BrFN2O/c15-12-8-9(16)6-7-11(12)13(14(17)19)18-10-4-2-1-3-5-10/h1-8,13,18H,(H2,17,19). The van der Waals surface area contributed by atoms with Crippen LogP contribution in [-0.4, -0.2) is 5.91 Å². The molecule has 3 N–H and O–H groups in total. The van der Waals surface area contributed by atoms with Crippen LogP contribution < -0.4 is 11.1 Å². The van der Waals surface area contributed by atoms with Gasteiger partial charge >= 0.3 is 0 Å². The first kappa shape index (κ1) is 13.5. The Labute approximate surface area is 118 Å². The summed E-state index contributed by atoms with van der Waals surface area (Å²) in [6.45, 7) is 0. The second kappa shape index (κ2) is 5.84. The molecule has 0 aromatic heterocycles. The van der Waals surface area contributed by atoms with Crippen molar-refractivity contribution in [3.8, 4) is 0 Å². The Hall–Kier alpha value is -1.88. The van der Waals surface area contributed by atoms with E-state index in [1.165, 1.54) is 18.2 Å². The Bertz CT molecular complexity index is 589. The molecule has 0 bridgehead atoms. The molecule has 0 spiro atoms. The quantitative estimate of drug-likeness (QED) is 0.908. The molecule has 0 aliphatic carbocycles. The number of nitrogens with one attached hydrogen (secondary N) is 1. The van der Waals surface area contributed by atoms with E-state index >= 15 is 0 Å². The highest BCUT2D eigenvalue weighted by molar-refractivity contribution is 9.10. The van der Waals surface area contributed by atoms with Gasteiger partial charge < -0.3 is 11.1 Å². The summed E-state index contributed by atoms with van der Waals surface area (Å²) in [5.41, 5.74) is 6.77. The number of primary amides is 1. The molecule has 0 radical (unpaired) electrons. The first-order valence-corrected chi connectivity index (χ1v) is 6.43. The lowest BCUT2D eigenvalue weighted by Gasteiger charge is -2.18. The van der Waals surface area contributed by atoms with Crippen molar-refractivity contribution in [2.45, 2.75) is 6.04 Å². The molecule has 1 amide bonds. The molecule has 0 saturated carbocycles. The molecule has 2 aromatic carbocycles. The van der Waals surface area contributed by atoms with E-state index < -0.39 is 11.9 Å². The van der Waals surface area contributed by atoms with Crippen LogP contribution in [-0.2, 0) is 4.79 Å². The molecular formula is C14H12BrFN2O. The van der Waals surface area contributed by atoms with E-state index in [1.807, 2.05) is 30.3 Å². The monoisotopic (exact) mass is 322 g/mol. The Kier molecular flexibility index (Phi) is 4.16. The third kappa shape index (κ3) is 3.32. The van der Waals surface area contributed by atoms with Crippen molar-refractivity contribution in [2.75, 3.05) is 5.32 Å². The first-order valence-electron chi connectivity index (χ1n) is 5.64. The summed E-state index contributed by atoms with van der Waals surface area (Å²) in [6.07, 6.45) is 0. The summed E-state index contributed by atoms with van der Waals surface area (Å²) >= 11 is 3.24. The van der Waals surface area contributed by atoms with Crippen molar-refractivity contribution in [2.24, 2.45) is 5.73 Å². The van der Waals surface area contributed by atoms with Crippen molar-refractivity contribution in [1.29, 1.82) is 0 Å². The fraction of sp³-hybridized carbons (Fsp3) is 0.0714. The number of halogens is 2. The number of benzene rings is 2. The van der Waals surface area contributed by atoms with E-state index in [4.69, 9.17) is 5.73 Å². The Morgan fingerprint density at radius 2 is 1.89 bits per heavy atom. The summed E-state index contributed by atoms with van der Waals surface area (Å²) in [7, 11) is 0. The number of carbonyl (C=O) groups is 1. The first-order chi connectivity index (χ1) is 9.08. The van der Waals surface area contributed by atoms with Gasteiger partial charge in [0.25, 0.3) is 0 Å². The van der Waals surface area contributed by atoms with Gasteiger partial charge in [0.05, 0.1) is 0 Å². The molecule has 0 fully saturated rings. The minimum Gasteiger partial charge on any atom is -0.370 e. The van der Waals surface area contributed by atoms with Gasteiger partial charge in [-0.3, -0.25) is 4.79 Å². The minimum absolute atomic E-state index is 0.376. The summed E-state index contributed by atoms with van der Waals surface area (Å²) in [5, 5.41) is 3.03. The maximum absolute atomic E-state index is 13.1. The van der Waals surface area contributed by atoms with Crippen LogP contribution in [0.1, 0.15) is 11.6 Å². The number of nitrogens with two attached hydrogens (primary N) is 1. The average Bonchev–Trinajstić information content (AvgIpc) is 2.38. The lowest BCUT2D eigenvalue weighted by Crippen LogP contribution is -2.28. The van der Waals surface area contributed by atoms with Crippen LogP contribution in [0.3, 0.4) is 0 Å². The lowest BCUT2D eigenvalue weighted by atomic mass is 10.1. The number of carbonyl (C=O) groups excluding carboxylic acids is 1. The molecule has 5 heteroatoms. The van der Waals surface area contributed by atoms with Crippen LogP contribution >= 0.6 is 15.9 Å². The van der Waals surface area contributed by atoms with Crippen LogP contribution in [0.15, 0.2) is 53.0 Å². The van der Waals surface area contributed by atoms with Gasteiger partial charge in [0, 0.05) is 10.2 Å². The molecule has 1 atom stereocenters. The second-order valence-corrected chi connectivity index (χ2v) is 4.87. The Morgan fingerprint density at radius 3 is 2.47 bits per heavy atom. The predicted molar refractivity (Wildman–Crippen MR) is 76.1 cm³/mol. The van der Waals surface area contributed by atoms with Crippen LogP contribution in [0, 0.1) is 5.82 Å². The predicted octanol–water partition coefficient (Wildman–Crippen LogP) is 3.23. The maximum atomic E-state index is 13.1. The molecule has 1 unspecified atom stereocenters. The largest absolute Gasteiger partial charge is 0.370 e. The zero-order valence-electron chi connectivity index (χ0n) is 9.94. The number of amides is 1. The molecule has 0 aliphatic rings. The zero-order chi connectivity index (χ0) is 13.8. The van der Waals surface area contributed by atoms with Crippen molar-refractivity contribution in [3.05, 3.63) is 64.4 Å². The van der Waals surface area contributed by atoms with Crippen LogP contribution in [0.4, 0.5) is 10.1 Å². The van der Waals surface area contributed by atoms with E-state index in [0.717, 1.165) is 5.69 Å². The Morgan fingerprint density at radius 1 is 1.21 bits per heavy atom. The van der Waals surface area contributed by atoms with E-state index in [1.54, 1.807) is 0 Å². The van der Waals surface area contributed by atoms with Crippen LogP contribution in [0.25, 0.3) is 0 Å². The number of anilines is 1. The van der Waals surface area contributed by atoms with Crippen molar-refractivity contribution in [3.63, 3.8) is 0 Å². The van der Waals surface area contributed by atoms with E-state index in [9.17, 15) is 9.18 Å². The molecule has 2 aromatic rings. The molecule has 0 heterocycles. The Balaban J connectivity index is 2.33. The summed E-state index contributed by atoms with van der Waals surface area (Å²) < 4.78 is 13.6. The smallest absolute Gasteiger partial charge is 0.244 e. The normalized spacial score (nSPS) is 11.9. The highest BCUT2D eigenvalue weighted by Crippen LogP contribution is 2.27. The van der Waals surface area contributed by atoms with Gasteiger partial charge in [0.2, 0.25) is 5.91 Å². The van der Waals surface area contributed by atoms with Gasteiger partial charge in [-0.05, 0) is 29.8 Å². The fourth-order valence-electron chi connectivity index (χ4n) is 1.74. The number of hydrogen-bond acceptors (Lipinski definition) is 2. The van der Waals surface area contributed by atoms with Gasteiger partial charge in [0.1, 0.15) is 11.9 Å². The van der Waals surface area contributed by atoms with Gasteiger partial charge in [-0.2, -0.15) is 0 Å². The lowest BCUT2D eigenvalue weighted by molar-refractivity contribution is -0.118. The van der Waals surface area contributed by atoms with Crippen molar-refractivity contribution >= 4 is 27.5 Å². The minimum atomic E-state index is -0.725. The van der Waals surface area contributed by atoms with Crippen LogP contribution in [0.5, 0.6) is 0 Å². The molecule has 0 saturated heterocycles. The topological polar surface area (TPSA) is 55.1 Å². The molecule has 98 valence electrons. The molecule has 2 rings (SSSR count). The van der Waals surface area contributed by atoms with Gasteiger partial charge in [-0.1, -0.05) is 40.2 Å². The van der Waals surface area contributed by atoms with Gasteiger partial charge in [-0.25, -0.2) is 4.39 Å². The highest BCUT2D eigenvalue weighted by atomic mass is 79.9. The van der Waals surface area contributed by atoms with Crippen molar-refractivity contribution < 1.29 is 9.18 Å². The summed E-state index contributed by atoms with van der Waals surface area (Å²) in [5.74, 6) is -0.908. The zero-order valence-corrected chi connectivity index (χ0v) is 11.5. The van der Waals surface area contributed by atoms with Gasteiger partial charge in [-0.15, -0.1) is 0 Å². The number of para-hydroxylation sites is 1. The van der Waals surface area contributed by atoms with E-state index in [-0.39, 0.29) is 5.82 Å². The molecule has 0 aliphatic heterocycles. The maximum Gasteiger partial charge on any atom is 0.244 e. The third-order valence-electron chi connectivity index (χ3n) is 2.64. The average molecular weight is 323 g/mol. The number of rotatable bonds is 4. The third-order valence-corrected chi connectivity index (χ3v) is 3.33. The highest BCUT2D eigenvalue weighted by Gasteiger charge is 2.20. The molecule has 19 heavy (non-hydrogen) atoms. The van der Waals surface area contributed by atoms with E-state index in [2.05, 4.69) is 21.2 Å². The van der Waals surface area contributed by atoms with Gasteiger partial charge in [0.15, 0.2) is 0 Å². The fourth-order valence-corrected chi connectivity index (χ4v) is 2.32. The number of hydrogen-bond donors (Lipinski definition) is 2. The second-order valence-electron chi connectivity index (χ2n) is 4.01. The molecule has 3 nitrogen and oxygen atoms in total. The summed E-state index contributed by atoms with van der Waals surface area (Å²) in [6, 6.07) is 12.6.